The predicted octanol–water partition coefficient (Wildman–Crippen LogP) is 2.47. The molecular weight excluding hydrogens is 332 g/mol. The third kappa shape index (κ3) is 8.11. The van der Waals surface area contributed by atoms with E-state index in [0.29, 0.717) is 31.2 Å². The van der Waals surface area contributed by atoms with Gasteiger partial charge in [-0.3, -0.25) is 0 Å². The fraction of sp³-hybridized carbons (Fsp3) is 0.526. The Labute approximate surface area is 155 Å². The topological polar surface area (TPSA) is 112 Å². The lowest BCUT2D eigenvalue weighted by Crippen LogP contribution is -2.35. The first-order chi connectivity index (χ1) is 12.0. The molecule has 0 atom stereocenters. The lowest BCUT2D eigenvalue weighted by molar-refractivity contribution is -0.110. The highest BCUT2D eigenvalue weighted by Gasteiger charge is 2.23. The van der Waals surface area contributed by atoms with Crippen molar-refractivity contribution in [2.45, 2.75) is 46.6 Å². The molecule has 0 amide bonds. The highest BCUT2D eigenvalue weighted by molar-refractivity contribution is 5.97. The summed E-state index contributed by atoms with van der Waals surface area (Å²) >= 11 is 0. The van der Waals surface area contributed by atoms with Crippen molar-refractivity contribution in [2.75, 3.05) is 13.2 Å². The molecule has 1 aromatic rings. The fourth-order valence-corrected chi connectivity index (χ4v) is 2.09. The minimum Gasteiger partial charge on any atom is -0.485 e. The molecule has 0 bridgehead atoms. The normalized spacial score (nSPS) is 13.6. The van der Waals surface area contributed by atoms with E-state index in [2.05, 4.69) is 10.2 Å². The van der Waals surface area contributed by atoms with E-state index in [1.54, 1.807) is 19.1 Å². The molecule has 0 aromatic heterocycles. The Kier molecular flexibility index (Phi) is 7.76. The van der Waals surface area contributed by atoms with Crippen molar-refractivity contribution in [3.63, 3.8) is 0 Å². The van der Waals surface area contributed by atoms with E-state index in [0.717, 1.165) is 11.8 Å². The molecule has 7 heteroatoms. The molecule has 0 spiro atoms. The Morgan fingerprint density at radius 1 is 1.08 bits per heavy atom. The van der Waals surface area contributed by atoms with Crippen molar-refractivity contribution in [1.82, 2.24) is 0 Å². The number of carbonyl (C=O) groups is 1. The number of benzene rings is 1. The zero-order chi connectivity index (χ0) is 19.8. The Bertz CT molecular complexity index is 645. The second-order valence-electron chi connectivity index (χ2n) is 7.64. The largest absolute Gasteiger partial charge is 0.485 e. The molecule has 26 heavy (non-hydrogen) atoms. The van der Waals surface area contributed by atoms with E-state index >= 15 is 0 Å². The number of aldehydes is 1. The first-order valence-electron chi connectivity index (χ1n) is 8.49. The molecule has 0 radical (unpaired) electrons. The van der Waals surface area contributed by atoms with Crippen LogP contribution in [0.25, 0.3) is 0 Å². The SMILES string of the molecule is C/C(N)=N/N=C(\N)c1ccc(OC(C)(C)COCC(C)(C)CC=O)cc1. The van der Waals surface area contributed by atoms with Crippen LogP contribution in [-0.2, 0) is 9.53 Å². The van der Waals surface area contributed by atoms with Crippen molar-refractivity contribution in [1.29, 1.82) is 0 Å². The van der Waals surface area contributed by atoms with E-state index in [1.807, 2.05) is 39.8 Å². The lowest BCUT2D eigenvalue weighted by Gasteiger charge is -2.29. The van der Waals surface area contributed by atoms with E-state index < -0.39 is 5.60 Å². The Morgan fingerprint density at radius 3 is 2.23 bits per heavy atom. The molecule has 7 nitrogen and oxygen atoms in total. The number of carbonyl (C=O) groups excluding carboxylic acids is 1. The van der Waals surface area contributed by atoms with Gasteiger partial charge in [-0.15, -0.1) is 10.2 Å². The summed E-state index contributed by atoms with van der Waals surface area (Å²) in [6.45, 7) is 10.4. The summed E-state index contributed by atoms with van der Waals surface area (Å²) in [7, 11) is 0. The molecule has 1 aromatic carbocycles. The summed E-state index contributed by atoms with van der Waals surface area (Å²) in [5.74, 6) is 1.31. The van der Waals surface area contributed by atoms with Crippen molar-refractivity contribution in [3.8, 4) is 5.75 Å². The Hall–Kier alpha value is -2.41. The Balaban J connectivity index is 2.63. The summed E-state index contributed by atoms with van der Waals surface area (Å²) in [5, 5.41) is 7.59. The van der Waals surface area contributed by atoms with Crippen LogP contribution in [0.15, 0.2) is 34.5 Å². The van der Waals surface area contributed by atoms with Crippen LogP contribution >= 0.6 is 0 Å². The summed E-state index contributed by atoms with van der Waals surface area (Å²) in [6.07, 6.45) is 1.38. The van der Waals surface area contributed by atoms with Gasteiger partial charge in [0, 0.05) is 12.0 Å². The summed E-state index contributed by atoms with van der Waals surface area (Å²) in [4.78, 5) is 10.7. The van der Waals surface area contributed by atoms with Crippen LogP contribution in [0.5, 0.6) is 5.75 Å². The van der Waals surface area contributed by atoms with Gasteiger partial charge in [-0.1, -0.05) is 13.8 Å². The van der Waals surface area contributed by atoms with Crippen molar-refractivity contribution >= 4 is 18.0 Å². The average Bonchev–Trinajstić information content (AvgIpc) is 2.52. The zero-order valence-electron chi connectivity index (χ0n) is 16.3. The van der Waals surface area contributed by atoms with Crippen LogP contribution in [0, 0.1) is 5.41 Å². The lowest BCUT2D eigenvalue weighted by atomic mass is 9.91. The fourth-order valence-electron chi connectivity index (χ4n) is 2.09. The number of nitrogens with zero attached hydrogens (tertiary/aromatic N) is 2. The van der Waals surface area contributed by atoms with Crippen LogP contribution in [0.2, 0.25) is 0 Å². The molecule has 0 fully saturated rings. The molecule has 0 heterocycles. The number of nitrogens with two attached hydrogens (primary N) is 2. The maximum Gasteiger partial charge on any atom is 0.153 e. The quantitative estimate of drug-likeness (QED) is 0.287. The second kappa shape index (κ2) is 9.33. The maximum atomic E-state index is 10.7. The molecule has 0 unspecified atom stereocenters. The van der Waals surface area contributed by atoms with Gasteiger partial charge >= 0.3 is 0 Å². The second-order valence-corrected chi connectivity index (χ2v) is 7.64. The van der Waals surface area contributed by atoms with Gasteiger partial charge in [0.05, 0.1) is 13.2 Å². The van der Waals surface area contributed by atoms with Crippen molar-refractivity contribution in [3.05, 3.63) is 29.8 Å². The molecule has 0 saturated carbocycles. The first-order valence-corrected chi connectivity index (χ1v) is 8.49. The summed E-state index contributed by atoms with van der Waals surface area (Å²) in [5.41, 5.74) is 11.3. The molecule has 0 aliphatic heterocycles. The van der Waals surface area contributed by atoms with Crippen LogP contribution in [0.3, 0.4) is 0 Å². The van der Waals surface area contributed by atoms with Gasteiger partial charge in [0.1, 0.15) is 23.5 Å². The van der Waals surface area contributed by atoms with Crippen LogP contribution < -0.4 is 16.2 Å². The third-order valence-corrected chi connectivity index (χ3v) is 3.44. The monoisotopic (exact) mass is 362 g/mol. The molecule has 4 N–H and O–H groups in total. The summed E-state index contributed by atoms with van der Waals surface area (Å²) in [6, 6.07) is 7.24. The van der Waals surface area contributed by atoms with E-state index in [1.165, 1.54) is 0 Å². The minimum absolute atomic E-state index is 0.180. The van der Waals surface area contributed by atoms with Gasteiger partial charge in [0.15, 0.2) is 5.84 Å². The first kappa shape index (κ1) is 21.6. The van der Waals surface area contributed by atoms with Crippen LogP contribution in [-0.4, -0.2) is 36.8 Å². The van der Waals surface area contributed by atoms with Crippen LogP contribution in [0.1, 0.15) is 46.6 Å². The molecular formula is C19H30N4O3. The average molecular weight is 362 g/mol. The highest BCUT2D eigenvalue weighted by atomic mass is 16.5. The number of hydrogen-bond donors (Lipinski definition) is 2. The van der Waals surface area contributed by atoms with Gasteiger partial charge < -0.3 is 25.7 Å². The third-order valence-electron chi connectivity index (χ3n) is 3.44. The smallest absolute Gasteiger partial charge is 0.153 e. The number of rotatable bonds is 10. The molecule has 0 aliphatic rings. The zero-order valence-corrected chi connectivity index (χ0v) is 16.3. The van der Waals surface area contributed by atoms with Crippen molar-refractivity contribution in [2.24, 2.45) is 27.1 Å². The van der Waals surface area contributed by atoms with Gasteiger partial charge in [-0.2, -0.15) is 0 Å². The Morgan fingerprint density at radius 2 is 1.69 bits per heavy atom. The standard InChI is InChI=1S/C19H30N4O3/c1-14(20)22-23-17(21)15-6-8-16(9-7-15)26-19(4,5)13-25-12-18(2,3)10-11-24/h6-9,11H,10,12-13H2,1-5H3,(H2,20,22)(H2,21,23). The number of ether oxygens (including phenoxy) is 2. The molecule has 144 valence electrons. The van der Waals surface area contributed by atoms with Gasteiger partial charge in [0.25, 0.3) is 0 Å². The predicted molar refractivity (Wildman–Crippen MR) is 104 cm³/mol. The van der Waals surface area contributed by atoms with Gasteiger partial charge in [0.2, 0.25) is 0 Å². The van der Waals surface area contributed by atoms with E-state index in [4.69, 9.17) is 20.9 Å². The number of amidine groups is 2. The maximum absolute atomic E-state index is 10.7. The van der Waals surface area contributed by atoms with Crippen LogP contribution in [0.4, 0.5) is 0 Å². The molecule has 1 rings (SSSR count). The van der Waals surface area contributed by atoms with Gasteiger partial charge in [-0.25, -0.2) is 0 Å². The van der Waals surface area contributed by atoms with E-state index in [-0.39, 0.29) is 11.3 Å². The highest BCUT2D eigenvalue weighted by Crippen LogP contribution is 2.22. The number of hydrogen-bond acceptors (Lipinski definition) is 5. The molecule has 0 aliphatic carbocycles. The van der Waals surface area contributed by atoms with Crippen molar-refractivity contribution < 1.29 is 14.3 Å². The minimum atomic E-state index is -0.515. The van der Waals surface area contributed by atoms with Gasteiger partial charge in [-0.05, 0) is 50.5 Å². The summed E-state index contributed by atoms with van der Waals surface area (Å²) < 4.78 is 11.7. The molecule has 0 saturated heterocycles. The van der Waals surface area contributed by atoms with E-state index in [9.17, 15) is 4.79 Å².